The van der Waals surface area contributed by atoms with E-state index in [4.69, 9.17) is 9.47 Å². The Kier molecular flexibility index (Phi) is 5.16. The molecule has 0 saturated carbocycles. The maximum atomic E-state index is 11.2. The van der Waals surface area contributed by atoms with E-state index in [1.54, 1.807) is 26.8 Å². The van der Waals surface area contributed by atoms with Gasteiger partial charge in [-0.1, -0.05) is 12.7 Å². The van der Waals surface area contributed by atoms with Gasteiger partial charge in [0.1, 0.15) is 0 Å². The standard InChI is InChI=1S/C11H18O3/c1-6-7-8-13-11(4,5)14-10(12)9(2)3/h6H,1-2,7-8H2,3-5H3. The lowest BCUT2D eigenvalue weighted by molar-refractivity contribution is -0.211. The van der Waals surface area contributed by atoms with Gasteiger partial charge in [0.2, 0.25) is 5.79 Å². The van der Waals surface area contributed by atoms with Crippen LogP contribution in [0.5, 0.6) is 0 Å². The summed E-state index contributed by atoms with van der Waals surface area (Å²) in [4.78, 5) is 11.2. The fraction of sp³-hybridized carbons (Fsp3) is 0.545. The van der Waals surface area contributed by atoms with E-state index in [-0.39, 0.29) is 0 Å². The Bertz CT molecular complexity index is 229. The lowest BCUT2D eigenvalue weighted by Gasteiger charge is -2.25. The number of ether oxygens (including phenoxy) is 2. The predicted octanol–water partition coefficient (Wildman–Crippen LogP) is 2.43. The van der Waals surface area contributed by atoms with Crippen LogP contribution in [0.15, 0.2) is 24.8 Å². The topological polar surface area (TPSA) is 35.5 Å². The molecule has 3 nitrogen and oxygen atoms in total. The van der Waals surface area contributed by atoms with E-state index in [1.807, 2.05) is 0 Å². The minimum Gasteiger partial charge on any atom is -0.430 e. The molecule has 0 unspecified atom stereocenters. The second kappa shape index (κ2) is 5.60. The van der Waals surface area contributed by atoms with Gasteiger partial charge in [0.15, 0.2) is 0 Å². The van der Waals surface area contributed by atoms with E-state index in [0.717, 1.165) is 6.42 Å². The molecule has 0 atom stereocenters. The van der Waals surface area contributed by atoms with Crippen molar-refractivity contribution in [2.45, 2.75) is 33.0 Å². The highest BCUT2D eigenvalue weighted by molar-refractivity contribution is 5.87. The van der Waals surface area contributed by atoms with Crippen molar-refractivity contribution in [1.82, 2.24) is 0 Å². The number of rotatable bonds is 6. The van der Waals surface area contributed by atoms with Gasteiger partial charge in [0.05, 0.1) is 6.61 Å². The van der Waals surface area contributed by atoms with Crippen LogP contribution in [0.3, 0.4) is 0 Å². The van der Waals surface area contributed by atoms with Crippen LogP contribution in [0, 0.1) is 0 Å². The van der Waals surface area contributed by atoms with Crippen LogP contribution >= 0.6 is 0 Å². The Labute approximate surface area is 85.4 Å². The lowest BCUT2D eigenvalue weighted by atomic mass is 10.3. The molecule has 0 N–H and O–H groups in total. The zero-order valence-electron chi connectivity index (χ0n) is 9.13. The molecule has 0 spiro atoms. The number of hydrogen-bond donors (Lipinski definition) is 0. The molecule has 0 heterocycles. The van der Waals surface area contributed by atoms with Crippen molar-refractivity contribution in [3.05, 3.63) is 24.8 Å². The van der Waals surface area contributed by atoms with Crippen molar-refractivity contribution >= 4 is 5.97 Å². The third kappa shape index (κ3) is 5.54. The summed E-state index contributed by atoms with van der Waals surface area (Å²) in [6.07, 6.45) is 2.48. The Morgan fingerprint density at radius 1 is 1.50 bits per heavy atom. The first kappa shape index (κ1) is 12.9. The van der Waals surface area contributed by atoms with Crippen LogP contribution < -0.4 is 0 Å². The van der Waals surface area contributed by atoms with Gasteiger partial charge >= 0.3 is 5.97 Å². The summed E-state index contributed by atoms with van der Waals surface area (Å²) in [5, 5.41) is 0. The van der Waals surface area contributed by atoms with E-state index in [9.17, 15) is 4.79 Å². The summed E-state index contributed by atoms with van der Waals surface area (Å²) in [5.41, 5.74) is 0.366. The monoisotopic (exact) mass is 198 g/mol. The molecule has 0 aromatic carbocycles. The van der Waals surface area contributed by atoms with Crippen molar-refractivity contribution in [1.29, 1.82) is 0 Å². The van der Waals surface area contributed by atoms with E-state index < -0.39 is 11.8 Å². The zero-order chi connectivity index (χ0) is 11.2. The average Bonchev–Trinajstić information content (AvgIpc) is 2.03. The summed E-state index contributed by atoms with van der Waals surface area (Å²) in [5.74, 6) is -1.34. The van der Waals surface area contributed by atoms with Crippen molar-refractivity contribution in [2.75, 3.05) is 6.61 Å². The van der Waals surface area contributed by atoms with Crippen LogP contribution in [-0.4, -0.2) is 18.4 Å². The van der Waals surface area contributed by atoms with E-state index in [2.05, 4.69) is 13.2 Å². The summed E-state index contributed by atoms with van der Waals surface area (Å²) in [6.45, 7) is 12.5. The quantitative estimate of drug-likeness (QED) is 0.216. The molecule has 0 fully saturated rings. The highest BCUT2D eigenvalue weighted by Crippen LogP contribution is 2.13. The number of carbonyl (C=O) groups excluding carboxylic acids is 1. The van der Waals surface area contributed by atoms with Crippen LogP contribution in [0.4, 0.5) is 0 Å². The fourth-order valence-electron chi connectivity index (χ4n) is 0.728. The molecule has 14 heavy (non-hydrogen) atoms. The normalized spacial score (nSPS) is 10.8. The molecule has 80 valence electrons. The van der Waals surface area contributed by atoms with Crippen molar-refractivity contribution in [3.63, 3.8) is 0 Å². The first-order valence-corrected chi connectivity index (χ1v) is 4.53. The van der Waals surface area contributed by atoms with Crippen molar-refractivity contribution in [3.8, 4) is 0 Å². The van der Waals surface area contributed by atoms with E-state index in [0.29, 0.717) is 12.2 Å². The first-order chi connectivity index (χ1) is 6.39. The summed E-state index contributed by atoms with van der Waals surface area (Å²) in [7, 11) is 0. The molecule has 0 aromatic heterocycles. The molecular formula is C11H18O3. The molecular weight excluding hydrogens is 180 g/mol. The van der Waals surface area contributed by atoms with E-state index >= 15 is 0 Å². The number of carbonyl (C=O) groups is 1. The van der Waals surface area contributed by atoms with Gasteiger partial charge in [-0.05, 0) is 13.3 Å². The second-order valence-corrected chi connectivity index (χ2v) is 3.50. The molecule has 0 amide bonds. The van der Waals surface area contributed by atoms with Gasteiger partial charge in [-0.15, -0.1) is 6.58 Å². The predicted molar refractivity (Wildman–Crippen MR) is 55.8 cm³/mol. The maximum absolute atomic E-state index is 11.2. The molecule has 0 aliphatic carbocycles. The molecule has 0 aliphatic heterocycles. The first-order valence-electron chi connectivity index (χ1n) is 4.53. The van der Waals surface area contributed by atoms with Gasteiger partial charge < -0.3 is 9.47 Å². The summed E-state index contributed by atoms with van der Waals surface area (Å²) in [6, 6.07) is 0. The Morgan fingerprint density at radius 3 is 2.50 bits per heavy atom. The van der Waals surface area contributed by atoms with Crippen molar-refractivity contribution in [2.24, 2.45) is 0 Å². The van der Waals surface area contributed by atoms with Gasteiger partial charge in [0, 0.05) is 19.4 Å². The Balaban J connectivity index is 3.99. The van der Waals surface area contributed by atoms with Crippen molar-refractivity contribution < 1.29 is 14.3 Å². The zero-order valence-corrected chi connectivity index (χ0v) is 9.13. The second-order valence-electron chi connectivity index (χ2n) is 3.50. The highest BCUT2D eigenvalue weighted by Gasteiger charge is 2.23. The van der Waals surface area contributed by atoms with Crippen LogP contribution in [0.1, 0.15) is 27.2 Å². The van der Waals surface area contributed by atoms with Gasteiger partial charge in [-0.25, -0.2) is 4.79 Å². The average molecular weight is 198 g/mol. The van der Waals surface area contributed by atoms with E-state index in [1.165, 1.54) is 0 Å². The molecule has 0 aromatic rings. The third-order valence-electron chi connectivity index (χ3n) is 1.46. The molecule has 0 aliphatic rings. The van der Waals surface area contributed by atoms with Gasteiger partial charge in [-0.2, -0.15) is 0 Å². The van der Waals surface area contributed by atoms with Gasteiger partial charge in [-0.3, -0.25) is 0 Å². The summed E-state index contributed by atoms with van der Waals surface area (Å²) >= 11 is 0. The molecule has 0 bridgehead atoms. The largest absolute Gasteiger partial charge is 0.430 e. The minimum absolute atomic E-state index is 0.366. The number of esters is 1. The van der Waals surface area contributed by atoms with Crippen LogP contribution in [-0.2, 0) is 14.3 Å². The maximum Gasteiger partial charge on any atom is 0.335 e. The third-order valence-corrected chi connectivity index (χ3v) is 1.46. The van der Waals surface area contributed by atoms with Crippen LogP contribution in [0.25, 0.3) is 0 Å². The molecule has 0 rings (SSSR count). The molecule has 3 heteroatoms. The number of hydrogen-bond acceptors (Lipinski definition) is 3. The molecule has 0 radical (unpaired) electrons. The van der Waals surface area contributed by atoms with Gasteiger partial charge in [0.25, 0.3) is 0 Å². The Hall–Kier alpha value is -1.09. The molecule has 0 saturated heterocycles. The fourth-order valence-corrected chi connectivity index (χ4v) is 0.728. The SMILES string of the molecule is C=CCCOC(C)(C)OC(=O)C(=C)C. The Morgan fingerprint density at radius 2 is 2.07 bits per heavy atom. The highest BCUT2D eigenvalue weighted by atomic mass is 16.7. The minimum atomic E-state index is -0.904. The lowest BCUT2D eigenvalue weighted by Crippen LogP contribution is -2.31. The smallest absolute Gasteiger partial charge is 0.335 e. The van der Waals surface area contributed by atoms with Crippen LogP contribution in [0.2, 0.25) is 0 Å². The summed E-state index contributed by atoms with van der Waals surface area (Å²) < 4.78 is 10.4.